The Kier molecular flexibility index (Phi) is 4.99. The first-order chi connectivity index (χ1) is 9.36. The van der Waals surface area contributed by atoms with Gasteiger partial charge in [0.1, 0.15) is 5.75 Å². The Morgan fingerprint density at radius 1 is 1.21 bits per heavy atom. The van der Waals surface area contributed by atoms with Gasteiger partial charge in [-0.05, 0) is 29.8 Å². The highest BCUT2D eigenvalue weighted by atomic mass is 16.5. The Morgan fingerprint density at radius 3 is 2.84 bits per heavy atom. The summed E-state index contributed by atoms with van der Waals surface area (Å²) in [5, 5.41) is 5.91. The SMILES string of the molecule is C=CCCOc1ccc2ccccc2c1CNCC. The Bertz CT molecular complexity index is 548. The van der Waals surface area contributed by atoms with Crippen LogP contribution in [0, 0.1) is 0 Å². The third-order valence-electron chi connectivity index (χ3n) is 3.13. The molecule has 2 heteroatoms. The van der Waals surface area contributed by atoms with Crippen molar-refractivity contribution in [3.8, 4) is 5.75 Å². The normalized spacial score (nSPS) is 10.6. The van der Waals surface area contributed by atoms with Gasteiger partial charge in [0.15, 0.2) is 0 Å². The minimum absolute atomic E-state index is 0.682. The van der Waals surface area contributed by atoms with Crippen LogP contribution in [0.2, 0.25) is 0 Å². The lowest BCUT2D eigenvalue weighted by Gasteiger charge is -2.14. The van der Waals surface area contributed by atoms with Crippen molar-refractivity contribution in [1.82, 2.24) is 5.32 Å². The van der Waals surface area contributed by atoms with Gasteiger partial charge in [-0.15, -0.1) is 6.58 Å². The minimum Gasteiger partial charge on any atom is -0.493 e. The van der Waals surface area contributed by atoms with E-state index in [4.69, 9.17) is 4.74 Å². The van der Waals surface area contributed by atoms with Crippen LogP contribution in [0.15, 0.2) is 49.1 Å². The van der Waals surface area contributed by atoms with Gasteiger partial charge in [-0.1, -0.05) is 43.3 Å². The monoisotopic (exact) mass is 255 g/mol. The van der Waals surface area contributed by atoms with E-state index in [0.717, 1.165) is 25.3 Å². The summed E-state index contributed by atoms with van der Waals surface area (Å²) in [7, 11) is 0. The molecule has 2 rings (SSSR count). The lowest BCUT2D eigenvalue weighted by molar-refractivity contribution is 0.321. The number of hydrogen-bond donors (Lipinski definition) is 1. The standard InChI is InChI=1S/C17H21NO/c1-3-5-12-19-17-11-10-14-8-6-7-9-15(14)16(17)13-18-4-2/h3,6-11,18H,1,4-5,12-13H2,2H3. The smallest absolute Gasteiger partial charge is 0.124 e. The fraction of sp³-hybridized carbons (Fsp3) is 0.294. The summed E-state index contributed by atoms with van der Waals surface area (Å²) in [6.07, 6.45) is 2.75. The molecule has 2 nitrogen and oxygen atoms in total. The molecule has 0 aliphatic rings. The van der Waals surface area contributed by atoms with Crippen LogP contribution in [0.5, 0.6) is 5.75 Å². The number of benzene rings is 2. The van der Waals surface area contributed by atoms with Gasteiger partial charge in [-0.25, -0.2) is 0 Å². The summed E-state index contributed by atoms with van der Waals surface area (Å²) in [6, 6.07) is 12.6. The quantitative estimate of drug-likeness (QED) is 0.598. The lowest BCUT2D eigenvalue weighted by atomic mass is 10.0. The minimum atomic E-state index is 0.682. The zero-order valence-corrected chi connectivity index (χ0v) is 11.5. The molecular weight excluding hydrogens is 234 g/mol. The fourth-order valence-electron chi connectivity index (χ4n) is 2.14. The Balaban J connectivity index is 2.34. The summed E-state index contributed by atoms with van der Waals surface area (Å²) in [5.41, 5.74) is 1.24. The van der Waals surface area contributed by atoms with E-state index < -0.39 is 0 Å². The average Bonchev–Trinajstić information content (AvgIpc) is 2.46. The van der Waals surface area contributed by atoms with Crippen molar-refractivity contribution >= 4 is 10.8 Å². The molecule has 100 valence electrons. The van der Waals surface area contributed by atoms with Crippen LogP contribution in [-0.2, 0) is 6.54 Å². The van der Waals surface area contributed by atoms with Crippen molar-refractivity contribution in [2.75, 3.05) is 13.2 Å². The van der Waals surface area contributed by atoms with Crippen molar-refractivity contribution in [1.29, 1.82) is 0 Å². The zero-order valence-electron chi connectivity index (χ0n) is 11.5. The molecule has 0 aromatic heterocycles. The second-order valence-corrected chi connectivity index (χ2v) is 4.47. The summed E-state index contributed by atoms with van der Waals surface area (Å²) < 4.78 is 5.87. The van der Waals surface area contributed by atoms with Crippen LogP contribution in [0.25, 0.3) is 10.8 Å². The number of hydrogen-bond acceptors (Lipinski definition) is 2. The van der Waals surface area contributed by atoms with Crippen molar-refractivity contribution in [2.24, 2.45) is 0 Å². The first-order valence-electron chi connectivity index (χ1n) is 6.82. The molecule has 2 aromatic rings. The second kappa shape index (κ2) is 6.95. The topological polar surface area (TPSA) is 21.3 Å². The van der Waals surface area contributed by atoms with Crippen LogP contribution in [-0.4, -0.2) is 13.2 Å². The van der Waals surface area contributed by atoms with E-state index in [1.807, 2.05) is 6.08 Å². The predicted octanol–water partition coefficient (Wildman–Crippen LogP) is 3.90. The number of ether oxygens (including phenoxy) is 1. The molecule has 2 aromatic carbocycles. The molecule has 0 saturated heterocycles. The maximum atomic E-state index is 5.87. The van der Waals surface area contributed by atoms with Gasteiger partial charge in [0.05, 0.1) is 6.61 Å². The molecule has 0 spiro atoms. The van der Waals surface area contributed by atoms with Crippen LogP contribution >= 0.6 is 0 Å². The number of nitrogens with one attached hydrogen (secondary N) is 1. The molecule has 0 radical (unpaired) electrons. The summed E-state index contributed by atoms with van der Waals surface area (Å²) in [5.74, 6) is 0.974. The molecular formula is C17H21NO. The lowest BCUT2D eigenvalue weighted by Crippen LogP contribution is -2.13. The van der Waals surface area contributed by atoms with E-state index in [-0.39, 0.29) is 0 Å². The Hall–Kier alpha value is -1.80. The molecule has 0 amide bonds. The molecule has 0 aliphatic heterocycles. The van der Waals surface area contributed by atoms with Crippen molar-refractivity contribution in [3.05, 3.63) is 54.6 Å². The highest BCUT2D eigenvalue weighted by Crippen LogP contribution is 2.28. The van der Waals surface area contributed by atoms with Gasteiger partial charge in [-0.2, -0.15) is 0 Å². The van der Waals surface area contributed by atoms with Gasteiger partial charge in [0, 0.05) is 12.1 Å². The van der Waals surface area contributed by atoms with Gasteiger partial charge in [0.25, 0.3) is 0 Å². The van der Waals surface area contributed by atoms with Gasteiger partial charge in [-0.3, -0.25) is 0 Å². The number of rotatable bonds is 7. The second-order valence-electron chi connectivity index (χ2n) is 4.47. The van der Waals surface area contributed by atoms with Gasteiger partial charge < -0.3 is 10.1 Å². The predicted molar refractivity (Wildman–Crippen MR) is 81.6 cm³/mol. The number of fused-ring (bicyclic) bond motifs is 1. The summed E-state index contributed by atoms with van der Waals surface area (Å²) >= 11 is 0. The van der Waals surface area contributed by atoms with E-state index in [9.17, 15) is 0 Å². The van der Waals surface area contributed by atoms with Crippen LogP contribution < -0.4 is 10.1 Å². The van der Waals surface area contributed by atoms with Crippen LogP contribution in [0.4, 0.5) is 0 Å². The van der Waals surface area contributed by atoms with E-state index in [0.29, 0.717) is 6.61 Å². The maximum absolute atomic E-state index is 5.87. The summed E-state index contributed by atoms with van der Waals surface area (Å²) in [4.78, 5) is 0. The van der Waals surface area contributed by atoms with E-state index in [2.05, 4.69) is 55.2 Å². The maximum Gasteiger partial charge on any atom is 0.124 e. The molecule has 0 saturated carbocycles. The molecule has 0 fully saturated rings. The van der Waals surface area contributed by atoms with Crippen LogP contribution in [0.1, 0.15) is 18.9 Å². The third kappa shape index (κ3) is 3.36. The van der Waals surface area contributed by atoms with Crippen LogP contribution in [0.3, 0.4) is 0 Å². The van der Waals surface area contributed by atoms with Gasteiger partial charge >= 0.3 is 0 Å². The Labute approximate surface area is 115 Å². The third-order valence-corrected chi connectivity index (χ3v) is 3.13. The van der Waals surface area contributed by atoms with E-state index in [1.54, 1.807) is 0 Å². The molecule has 0 bridgehead atoms. The highest BCUT2D eigenvalue weighted by Gasteiger charge is 2.08. The largest absolute Gasteiger partial charge is 0.493 e. The van der Waals surface area contributed by atoms with Crippen molar-refractivity contribution < 1.29 is 4.74 Å². The van der Waals surface area contributed by atoms with Gasteiger partial charge in [0.2, 0.25) is 0 Å². The molecule has 0 unspecified atom stereocenters. The highest BCUT2D eigenvalue weighted by molar-refractivity contribution is 5.87. The molecule has 19 heavy (non-hydrogen) atoms. The van der Waals surface area contributed by atoms with E-state index >= 15 is 0 Å². The molecule has 0 aliphatic carbocycles. The first kappa shape index (κ1) is 13.6. The van der Waals surface area contributed by atoms with E-state index in [1.165, 1.54) is 16.3 Å². The fourth-order valence-corrected chi connectivity index (χ4v) is 2.14. The summed E-state index contributed by atoms with van der Waals surface area (Å²) in [6.45, 7) is 8.31. The zero-order chi connectivity index (χ0) is 13.5. The van der Waals surface area contributed by atoms with Crippen molar-refractivity contribution in [3.63, 3.8) is 0 Å². The molecule has 1 N–H and O–H groups in total. The average molecular weight is 255 g/mol. The Morgan fingerprint density at radius 2 is 2.05 bits per heavy atom. The molecule has 0 atom stereocenters. The first-order valence-corrected chi connectivity index (χ1v) is 6.82. The van der Waals surface area contributed by atoms with Crippen molar-refractivity contribution in [2.45, 2.75) is 19.9 Å². The molecule has 0 heterocycles.